The smallest absolute Gasteiger partial charge is 0.295 e. The van der Waals surface area contributed by atoms with Crippen molar-refractivity contribution in [1.82, 2.24) is 9.88 Å². The van der Waals surface area contributed by atoms with Crippen molar-refractivity contribution in [2.24, 2.45) is 0 Å². The number of amides is 1. The molecule has 4 aromatic rings. The number of carbonyl (C=O) groups is 2. The third kappa shape index (κ3) is 5.66. The summed E-state index contributed by atoms with van der Waals surface area (Å²) in [5, 5.41) is 11.4. The van der Waals surface area contributed by atoms with Crippen LogP contribution < -0.4 is 4.74 Å². The average Bonchev–Trinajstić information content (AvgIpc) is 3.21. The molecule has 5 rings (SSSR count). The van der Waals surface area contributed by atoms with Crippen LogP contribution in [0.25, 0.3) is 5.76 Å². The van der Waals surface area contributed by atoms with E-state index in [-0.39, 0.29) is 17.9 Å². The highest BCUT2D eigenvalue weighted by Gasteiger charge is 2.46. The summed E-state index contributed by atoms with van der Waals surface area (Å²) < 4.78 is 5.92. The van der Waals surface area contributed by atoms with E-state index in [9.17, 15) is 14.7 Å². The third-order valence-corrected chi connectivity index (χ3v) is 7.18. The van der Waals surface area contributed by atoms with Crippen LogP contribution in [-0.2, 0) is 22.7 Å². The lowest BCUT2D eigenvalue weighted by atomic mass is 9.93. The zero-order valence-corrected chi connectivity index (χ0v) is 22.9. The minimum atomic E-state index is -0.730. The Kier molecular flexibility index (Phi) is 7.78. The lowest BCUT2D eigenvalue weighted by Crippen LogP contribution is -2.29. The van der Waals surface area contributed by atoms with E-state index in [0.717, 1.165) is 27.8 Å². The van der Waals surface area contributed by atoms with Gasteiger partial charge in [0.15, 0.2) is 0 Å². The summed E-state index contributed by atoms with van der Waals surface area (Å²) in [4.78, 5) is 32.3. The van der Waals surface area contributed by atoms with Gasteiger partial charge in [-0.1, -0.05) is 67.9 Å². The van der Waals surface area contributed by atoms with Crippen molar-refractivity contribution < 1.29 is 19.4 Å². The van der Waals surface area contributed by atoms with Crippen LogP contribution in [0.1, 0.15) is 59.2 Å². The van der Waals surface area contributed by atoms with Crippen LogP contribution in [0, 0.1) is 6.92 Å². The number of aromatic nitrogens is 1. The molecular weight excluding hydrogens is 500 g/mol. The number of hydrogen-bond acceptors (Lipinski definition) is 5. The molecule has 1 atom stereocenters. The zero-order valence-electron chi connectivity index (χ0n) is 22.9. The first-order valence-corrected chi connectivity index (χ1v) is 13.4. The molecule has 6 heteroatoms. The summed E-state index contributed by atoms with van der Waals surface area (Å²) in [7, 11) is 0. The predicted molar refractivity (Wildman–Crippen MR) is 155 cm³/mol. The van der Waals surface area contributed by atoms with Crippen molar-refractivity contribution in [3.8, 4) is 5.75 Å². The molecule has 0 spiro atoms. The van der Waals surface area contributed by atoms with E-state index < -0.39 is 17.7 Å². The number of nitrogens with zero attached hydrogens (tertiary/aromatic N) is 2. The third-order valence-electron chi connectivity index (χ3n) is 7.18. The number of ether oxygens (including phenoxy) is 1. The largest absolute Gasteiger partial charge is 0.507 e. The molecule has 1 aliphatic heterocycles. The van der Waals surface area contributed by atoms with Gasteiger partial charge in [-0.2, -0.15) is 0 Å². The number of aliphatic hydroxyl groups is 1. The molecule has 202 valence electrons. The first kappa shape index (κ1) is 26.9. The van der Waals surface area contributed by atoms with E-state index in [0.29, 0.717) is 23.8 Å². The number of ketones is 1. The number of hydrogen-bond donors (Lipinski definition) is 1. The number of carbonyl (C=O) groups excluding carboxylic acids is 2. The Morgan fingerprint density at radius 2 is 1.62 bits per heavy atom. The van der Waals surface area contributed by atoms with Gasteiger partial charge in [0.2, 0.25) is 0 Å². The maximum Gasteiger partial charge on any atom is 0.295 e. The Morgan fingerprint density at radius 3 is 2.27 bits per heavy atom. The van der Waals surface area contributed by atoms with Gasteiger partial charge in [0, 0.05) is 24.5 Å². The molecule has 40 heavy (non-hydrogen) atoms. The van der Waals surface area contributed by atoms with Gasteiger partial charge < -0.3 is 14.7 Å². The summed E-state index contributed by atoms with van der Waals surface area (Å²) in [6, 6.07) is 25.8. The quantitative estimate of drug-likeness (QED) is 0.155. The fourth-order valence-electron chi connectivity index (χ4n) is 4.97. The van der Waals surface area contributed by atoms with Gasteiger partial charge in [0.05, 0.1) is 11.6 Å². The molecular formula is C34H32N2O4. The van der Waals surface area contributed by atoms with Crippen molar-refractivity contribution in [2.75, 3.05) is 0 Å². The van der Waals surface area contributed by atoms with Crippen molar-refractivity contribution >= 4 is 17.4 Å². The average molecular weight is 533 g/mol. The molecule has 1 aliphatic rings. The van der Waals surface area contributed by atoms with Gasteiger partial charge in [-0.05, 0) is 71.5 Å². The molecule has 1 fully saturated rings. The summed E-state index contributed by atoms with van der Waals surface area (Å²) in [6.07, 6.45) is 3.31. The lowest BCUT2D eigenvalue weighted by molar-refractivity contribution is -0.140. The van der Waals surface area contributed by atoms with Crippen LogP contribution in [0.2, 0.25) is 0 Å². The topological polar surface area (TPSA) is 79.7 Å². The van der Waals surface area contributed by atoms with E-state index in [1.54, 1.807) is 36.7 Å². The number of aryl methyl sites for hydroxylation is 1. The Balaban J connectivity index is 1.48. The number of Topliss-reactive ketones (excluding diaryl/α,β-unsaturated/α-hetero) is 1. The second kappa shape index (κ2) is 11.6. The number of likely N-dealkylation sites (tertiary alicyclic amines) is 1. The van der Waals surface area contributed by atoms with Gasteiger partial charge in [0.25, 0.3) is 11.7 Å². The number of rotatable bonds is 8. The molecule has 0 radical (unpaired) electrons. The van der Waals surface area contributed by atoms with Gasteiger partial charge in [-0.25, -0.2) is 0 Å². The first-order chi connectivity index (χ1) is 19.3. The van der Waals surface area contributed by atoms with E-state index in [4.69, 9.17) is 4.74 Å². The highest BCUT2D eigenvalue weighted by Crippen LogP contribution is 2.40. The van der Waals surface area contributed by atoms with E-state index in [2.05, 4.69) is 24.9 Å². The minimum absolute atomic E-state index is 0.0739. The highest BCUT2D eigenvalue weighted by atomic mass is 16.5. The normalized spacial score (nSPS) is 16.5. The Morgan fingerprint density at radius 1 is 0.925 bits per heavy atom. The van der Waals surface area contributed by atoms with E-state index in [1.165, 1.54) is 4.90 Å². The van der Waals surface area contributed by atoms with Crippen LogP contribution in [0.15, 0.2) is 103 Å². The highest BCUT2D eigenvalue weighted by molar-refractivity contribution is 6.46. The van der Waals surface area contributed by atoms with Crippen LogP contribution in [0.5, 0.6) is 5.75 Å². The summed E-state index contributed by atoms with van der Waals surface area (Å²) in [6.45, 7) is 6.89. The van der Waals surface area contributed by atoms with Crippen molar-refractivity contribution in [3.63, 3.8) is 0 Å². The second-order valence-electron chi connectivity index (χ2n) is 10.4. The number of pyridine rings is 1. The lowest BCUT2D eigenvalue weighted by Gasteiger charge is -2.25. The van der Waals surface area contributed by atoms with Gasteiger partial charge in [-0.15, -0.1) is 0 Å². The molecule has 0 saturated carbocycles. The summed E-state index contributed by atoms with van der Waals surface area (Å²) >= 11 is 0. The SMILES string of the molecule is Cc1cccc(COc2ccc(/C(O)=C3\C(=O)C(=O)N(Cc4ccncc4)[C@@H]3c3ccc(C(C)C)cc3)cc2)c1. The van der Waals surface area contributed by atoms with Gasteiger partial charge in [-0.3, -0.25) is 14.6 Å². The Hall–Kier alpha value is -4.71. The molecule has 0 bridgehead atoms. The van der Waals surface area contributed by atoms with Gasteiger partial charge in [0.1, 0.15) is 18.1 Å². The van der Waals surface area contributed by atoms with Gasteiger partial charge >= 0.3 is 0 Å². The van der Waals surface area contributed by atoms with E-state index >= 15 is 0 Å². The molecule has 1 aromatic heterocycles. The predicted octanol–water partition coefficient (Wildman–Crippen LogP) is 6.71. The summed E-state index contributed by atoms with van der Waals surface area (Å²) in [5.41, 5.74) is 5.49. The van der Waals surface area contributed by atoms with Crippen LogP contribution in [0.4, 0.5) is 0 Å². The number of aliphatic hydroxyl groups excluding tert-OH is 1. The number of benzene rings is 3. The molecule has 1 saturated heterocycles. The standard InChI is InChI=1S/C34H32N2O4/c1-22(2)26-7-9-27(10-8-26)31-30(33(38)34(39)36(31)20-24-15-17-35-18-16-24)32(37)28-11-13-29(14-12-28)40-21-25-6-4-5-23(3)19-25/h4-19,22,31,37H,20-21H2,1-3H3/b32-30+/t31-/m1/s1. The van der Waals surface area contributed by atoms with Crippen LogP contribution in [-0.4, -0.2) is 26.7 Å². The fourth-order valence-corrected chi connectivity index (χ4v) is 4.97. The second-order valence-corrected chi connectivity index (χ2v) is 10.4. The summed E-state index contributed by atoms with van der Waals surface area (Å²) in [5.74, 6) is -0.585. The molecule has 2 heterocycles. The minimum Gasteiger partial charge on any atom is -0.507 e. The molecule has 3 aromatic carbocycles. The maximum atomic E-state index is 13.4. The van der Waals surface area contributed by atoms with Crippen molar-refractivity contribution in [1.29, 1.82) is 0 Å². The van der Waals surface area contributed by atoms with Crippen LogP contribution >= 0.6 is 0 Å². The van der Waals surface area contributed by atoms with Crippen molar-refractivity contribution in [2.45, 2.75) is 45.9 Å². The Labute approximate surface area is 234 Å². The van der Waals surface area contributed by atoms with Crippen molar-refractivity contribution in [3.05, 3.63) is 136 Å². The van der Waals surface area contributed by atoms with Crippen LogP contribution in [0.3, 0.4) is 0 Å². The first-order valence-electron chi connectivity index (χ1n) is 13.4. The maximum absolute atomic E-state index is 13.4. The monoisotopic (exact) mass is 532 g/mol. The molecule has 0 aliphatic carbocycles. The van der Waals surface area contributed by atoms with E-state index in [1.807, 2.05) is 61.5 Å². The zero-order chi connectivity index (χ0) is 28.2. The fraction of sp³-hybridized carbons (Fsp3) is 0.206. The molecule has 0 unspecified atom stereocenters. The Bertz CT molecular complexity index is 1540. The molecule has 1 N–H and O–H groups in total. The molecule has 6 nitrogen and oxygen atoms in total. The molecule has 1 amide bonds.